The molecule has 0 aromatic carbocycles. The number of aliphatic hydroxyl groups is 2. The molecule has 1 unspecified atom stereocenters. The first-order valence-electron chi connectivity index (χ1n) is 11.6. The highest BCUT2D eigenvalue weighted by atomic mass is 16.3. The van der Waals surface area contributed by atoms with Gasteiger partial charge in [-0.25, -0.2) is 0 Å². The summed E-state index contributed by atoms with van der Waals surface area (Å²) in [4.78, 5) is 0. The molecule has 3 saturated carbocycles. The van der Waals surface area contributed by atoms with E-state index in [2.05, 4.69) is 32.9 Å². The minimum absolute atomic E-state index is 0.00651. The lowest BCUT2D eigenvalue weighted by Gasteiger charge is -2.44. The maximum absolute atomic E-state index is 10.2. The van der Waals surface area contributed by atoms with E-state index in [1.54, 1.807) is 5.57 Å². The van der Waals surface area contributed by atoms with Crippen molar-refractivity contribution < 1.29 is 10.2 Å². The molecule has 0 radical (unpaired) electrons. The molecule has 3 aliphatic carbocycles. The second-order valence-electron chi connectivity index (χ2n) is 10.2. The van der Waals surface area contributed by atoms with Crippen molar-refractivity contribution >= 4 is 0 Å². The third-order valence-electron chi connectivity index (χ3n) is 8.43. The fraction of sp³-hybridized carbons (Fsp3) is 0.840. The van der Waals surface area contributed by atoms with E-state index in [-0.39, 0.29) is 5.92 Å². The van der Waals surface area contributed by atoms with Gasteiger partial charge in [0, 0.05) is 5.92 Å². The Balaban J connectivity index is 1.73. The van der Waals surface area contributed by atoms with Crippen LogP contribution in [0.2, 0.25) is 0 Å². The van der Waals surface area contributed by atoms with Crippen molar-refractivity contribution in [2.45, 2.75) is 104 Å². The second kappa shape index (κ2) is 8.82. The second-order valence-corrected chi connectivity index (χ2v) is 10.2. The molecule has 2 nitrogen and oxygen atoms in total. The molecule has 3 aliphatic rings. The van der Waals surface area contributed by atoms with Crippen LogP contribution >= 0.6 is 0 Å². The van der Waals surface area contributed by atoms with Crippen molar-refractivity contribution in [2.24, 2.45) is 29.1 Å². The van der Waals surface area contributed by atoms with Crippen molar-refractivity contribution in [2.75, 3.05) is 0 Å². The van der Waals surface area contributed by atoms with Crippen LogP contribution in [-0.2, 0) is 0 Å². The predicted octanol–water partition coefficient (Wildman–Crippen LogP) is 6.03. The Morgan fingerprint density at radius 3 is 2.52 bits per heavy atom. The van der Waals surface area contributed by atoms with Gasteiger partial charge < -0.3 is 10.2 Å². The van der Waals surface area contributed by atoms with Gasteiger partial charge in [0.1, 0.15) is 0 Å². The van der Waals surface area contributed by atoms with Gasteiger partial charge in [0.15, 0.2) is 0 Å². The average molecular weight is 375 g/mol. The third-order valence-corrected chi connectivity index (χ3v) is 8.43. The van der Waals surface area contributed by atoms with Crippen molar-refractivity contribution in [3.8, 4) is 0 Å². The van der Waals surface area contributed by atoms with Gasteiger partial charge in [-0.2, -0.15) is 0 Å². The molecule has 0 bridgehead atoms. The summed E-state index contributed by atoms with van der Waals surface area (Å²) in [6, 6.07) is 0. The maximum atomic E-state index is 10.2. The topological polar surface area (TPSA) is 40.5 Å². The summed E-state index contributed by atoms with van der Waals surface area (Å²) in [5.41, 5.74) is 3.35. The predicted molar refractivity (Wildman–Crippen MR) is 113 cm³/mol. The minimum atomic E-state index is -0.398. The van der Waals surface area contributed by atoms with Crippen molar-refractivity contribution in [3.05, 3.63) is 23.3 Å². The highest BCUT2D eigenvalue weighted by Gasteiger charge is 2.50. The molecule has 0 aromatic heterocycles. The van der Waals surface area contributed by atoms with Crippen LogP contribution in [0.3, 0.4) is 0 Å². The third kappa shape index (κ3) is 4.37. The molecule has 3 fully saturated rings. The fourth-order valence-electron chi connectivity index (χ4n) is 6.55. The summed E-state index contributed by atoms with van der Waals surface area (Å²) in [7, 11) is 0. The van der Waals surface area contributed by atoms with Gasteiger partial charge in [0.25, 0.3) is 0 Å². The molecule has 0 heterocycles. The molecule has 6 atom stereocenters. The molecule has 27 heavy (non-hydrogen) atoms. The Kier molecular flexibility index (Phi) is 6.90. The standard InChI is InChI=1S/C25H42O2/c1-5-6-8-17(2)21-12-13-22-20(9-7-14-25(21,22)4)11-10-19-15-23(26)18(3)24(27)16-19/h10-11,17-18,21-24,26-27H,5-9,12-16H2,1-4H3/b19-10?,20-11+/t17-,18?,21?,22-,23+,24+,25+/m0/s1. The van der Waals surface area contributed by atoms with Crippen LogP contribution in [-0.4, -0.2) is 22.4 Å². The molecular formula is C25H42O2. The van der Waals surface area contributed by atoms with Gasteiger partial charge >= 0.3 is 0 Å². The van der Waals surface area contributed by atoms with Gasteiger partial charge in [0.05, 0.1) is 12.2 Å². The van der Waals surface area contributed by atoms with Gasteiger partial charge in [0.2, 0.25) is 0 Å². The van der Waals surface area contributed by atoms with Crippen LogP contribution in [0.4, 0.5) is 0 Å². The Morgan fingerprint density at radius 2 is 1.85 bits per heavy atom. The number of hydrogen-bond donors (Lipinski definition) is 2. The highest BCUT2D eigenvalue weighted by Crippen LogP contribution is 2.59. The zero-order chi connectivity index (χ0) is 19.6. The molecule has 0 saturated heterocycles. The molecule has 0 spiro atoms. The first-order valence-corrected chi connectivity index (χ1v) is 11.6. The van der Waals surface area contributed by atoms with E-state index in [4.69, 9.17) is 0 Å². The molecule has 2 heteroatoms. The van der Waals surface area contributed by atoms with Crippen LogP contribution in [0.15, 0.2) is 23.3 Å². The first kappa shape index (κ1) is 21.1. The summed E-state index contributed by atoms with van der Waals surface area (Å²) in [5.74, 6) is 2.47. The molecule has 0 amide bonds. The molecule has 154 valence electrons. The SMILES string of the molecule is CCCC[C@H](C)C1CC[C@H]2/C(=C/C=C3C[C@@H](O)C(C)[C@H](O)C3)CCC[C@]12C. The summed E-state index contributed by atoms with van der Waals surface area (Å²) >= 11 is 0. The Morgan fingerprint density at radius 1 is 1.15 bits per heavy atom. The van der Waals surface area contributed by atoms with Crippen LogP contribution in [0, 0.1) is 29.1 Å². The Hall–Kier alpha value is -0.600. The van der Waals surface area contributed by atoms with E-state index in [1.165, 1.54) is 56.9 Å². The summed E-state index contributed by atoms with van der Waals surface area (Å²) in [6.45, 7) is 9.34. The van der Waals surface area contributed by atoms with Gasteiger partial charge in [-0.05, 0) is 68.1 Å². The highest BCUT2D eigenvalue weighted by molar-refractivity contribution is 5.26. The lowest BCUT2D eigenvalue weighted by atomic mass is 9.60. The maximum Gasteiger partial charge on any atom is 0.0627 e. The van der Waals surface area contributed by atoms with Crippen LogP contribution in [0.5, 0.6) is 0 Å². The monoisotopic (exact) mass is 374 g/mol. The van der Waals surface area contributed by atoms with E-state index in [0.29, 0.717) is 5.41 Å². The number of allylic oxidation sites excluding steroid dienone is 3. The zero-order valence-corrected chi connectivity index (χ0v) is 18.1. The Labute approximate surface area is 167 Å². The van der Waals surface area contributed by atoms with Crippen LogP contribution < -0.4 is 0 Å². The van der Waals surface area contributed by atoms with Crippen LogP contribution in [0.25, 0.3) is 0 Å². The number of hydrogen-bond acceptors (Lipinski definition) is 2. The van der Waals surface area contributed by atoms with Gasteiger partial charge in [-0.1, -0.05) is 70.3 Å². The van der Waals surface area contributed by atoms with Crippen molar-refractivity contribution in [1.82, 2.24) is 0 Å². The fourth-order valence-corrected chi connectivity index (χ4v) is 6.55. The summed E-state index contributed by atoms with van der Waals surface area (Å²) < 4.78 is 0. The minimum Gasteiger partial charge on any atom is -0.392 e. The zero-order valence-electron chi connectivity index (χ0n) is 18.1. The number of aliphatic hydroxyl groups excluding tert-OH is 2. The number of rotatable bonds is 5. The lowest BCUT2D eigenvalue weighted by Crippen LogP contribution is -2.36. The number of fused-ring (bicyclic) bond motifs is 1. The quantitative estimate of drug-likeness (QED) is 0.616. The van der Waals surface area contributed by atoms with Crippen LogP contribution in [0.1, 0.15) is 91.9 Å². The van der Waals surface area contributed by atoms with Crippen molar-refractivity contribution in [1.29, 1.82) is 0 Å². The smallest absolute Gasteiger partial charge is 0.0627 e. The molecule has 0 aromatic rings. The molecular weight excluding hydrogens is 332 g/mol. The van der Waals surface area contributed by atoms with E-state index >= 15 is 0 Å². The van der Waals surface area contributed by atoms with Gasteiger partial charge in [-0.15, -0.1) is 0 Å². The summed E-state index contributed by atoms with van der Waals surface area (Å²) in [5, 5.41) is 20.4. The number of unbranched alkanes of at least 4 members (excludes halogenated alkanes) is 1. The molecule has 0 aliphatic heterocycles. The van der Waals surface area contributed by atoms with E-state index in [1.807, 2.05) is 6.92 Å². The van der Waals surface area contributed by atoms with Crippen molar-refractivity contribution in [3.63, 3.8) is 0 Å². The Bertz CT molecular complexity index is 549. The van der Waals surface area contributed by atoms with Gasteiger partial charge in [-0.3, -0.25) is 0 Å². The van der Waals surface area contributed by atoms with E-state index in [9.17, 15) is 10.2 Å². The summed E-state index contributed by atoms with van der Waals surface area (Å²) in [6.07, 6.45) is 16.0. The van der Waals surface area contributed by atoms with E-state index < -0.39 is 12.2 Å². The molecule has 2 N–H and O–H groups in total. The normalized spacial score (nSPS) is 42.2. The molecule has 3 rings (SSSR count). The lowest BCUT2D eigenvalue weighted by molar-refractivity contribution is 0.00407. The largest absolute Gasteiger partial charge is 0.392 e. The van der Waals surface area contributed by atoms with E-state index in [0.717, 1.165) is 30.6 Å². The average Bonchev–Trinajstić information content (AvgIpc) is 2.99. The first-order chi connectivity index (χ1) is 12.9.